The van der Waals surface area contributed by atoms with Crippen LogP contribution in [-0.4, -0.2) is 107 Å². The van der Waals surface area contributed by atoms with Gasteiger partial charge in [-0.2, -0.15) is 0 Å². The summed E-state index contributed by atoms with van der Waals surface area (Å²) in [4.78, 5) is 78.7. The molecule has 0 fully saturated rings. The first kappa shape index (κ1) is 69.1. The zero-order valence-electron chi connectivity index (χ0n) is 47.0. The Morgan fingerprint density at radius 3 is 1.35 bits per heavy atom. The zero-order chi connectivity index (χ0) is 62.6. The van der Waals surface area contributed by atoms with Crippen LogP contribution in [0.3, 0.4) is 0 Å². The van der Waals surface area contributed by atoms with Crippen LogP contribution >= 0.6 is 0 Å². The second-order valence-electron chi connectivity index (χ2n) is 17.1. The minimum atomic E-state index is -1.62. The van der Waals surface area contributed by atoms with Gasteiger partial charge in [0.15, 0.2) is 11.8 Å². The number of nitro benzene ring substituents is 2. The summed E-state index contributed by atoms with van der Waals surface area (Å²) < 4.78 is 20.7. The molecule has 0 aliphatic carbocycles. The molecule has 12 rings (SSSR count). The number of aliphatic hydroxyl groups excluding tert-OH is 1. The number of hydrogen-bond acceptors (Lipinski definition) is 24. The number of para-hydroxylation sites is 1. The van der Waals surface area contributed by atoms with Crippen molar-refractivity contribution in [1.29, 1.82) is 11.1 Å². The first-order chi connectivity index (χ1) is 40.9. The van der Waals surface area contributed by atoms with Gasteiger partial charge in [0, 0.05) is 88.6 Å². The Morgan fingerprint density at radius 1 is 0.535 bits per heavy atom. The minimum absolute atomic E-state index is 0. The van der Waals surface area contributed by atoms with Gasteiger partial charge in [0.1, 0.15) is 27.9 Å². The van der Waals surface area contributed by atoms with Crippen molar-refractivity contribution >= 4 is 133 Å². The molecule has 0 aliphatic rings. The molecule has 11 N–H and O–H groups in total. The molecule has 0 unspecified atom stereocenters. The third-order valence-electron chi connectivity index (χ3n) is 11.3. The van der Waals surface area contributed by atoms with Crippen LogP contribution in [0.4, 0.5) is 28.4 Å². The Labute approximate surface area is 496 Å². The normalized spacial score (nSPS) is 9.66. The summed E-state index contributed by atoms with van der Waals surface area (Å²) in [5.74, 6) is 0. The molecule has 0 radical (unpaired) electrons. The average molecular weight is 1240 g/mol. The van der Waals surface area contributed by atoms with Gasteiger partial charge >= 0.3 is 28.2 Å². The van der Waals surface area contributed by atoms with Crippen LogP contribution in [0.25, 0.3) is 76.6 Å². The van der Waals surface area contributed by atoms with Crippen molar-refractivity contribution in [3.63, 3.8) is 0 Å². The van der Waals surface area contributed by atoms with Gasteiger partial charge in [0.2, 0.25) is 0 Å². The molecule has 86 heavy (non-hydrogen) atoms. The fraction of sp³-hybridized carbons (Fsp3) is 0.121. The molecule has 444 valence electrons. The first-order valence-electron chi connectivity index (χ1n) is 24.8. The quantitative estimate of drug-likeness (QED) is 0.0181. The minimum Gasteiger partial charge on any atom is 0 e. The number of nitrogen functional groups attached to an aromatic ring is 3. The molecule has 5 aromatic carbocycles. The molecule has 7 aromatic heterocycles. The predicted octanol–water partition coefficient (Wildman–Crippen LogP) is 9.86. The van der Waals surface area contributed by atoms with Gasteiger partial charge in [0.05, 0.1) is 55.9 Å². The molecule has 0 saturated heterocycles. The maximum atomic E-state index is 10.8. The van der Waals surface area contributed by atoms with Crippen LogP contribution in [0.1, 0.15) is 41.6 Å². The average Bonchev–Trinajstić information content (AvgIpc) is 1.66. The molecule has 0 saturated carbocycles. The Kier molecular flexibility index (Phi) is 28.1. The standard InChI is InChI=1S/C12H7N3O.C12H9N3.C10H9N3O2.C10H11N3.C10H8N2O2.C2H4O2.C2H6O.H2N2.O2Se.H2O.H2/c16-7-9-3-1-8-2-4-10-12(11(8)15-9)14-6-5-13-10;1-8-2-3-9-4-5-10-12(11(9)15-8)14-7-6-13-10;1-6-2-3-7-4-5-8(11)10(13(14)15)9(7)12-6;1-6-2-3-7-4-5-8(11)9(12)10(7)13-6;1-7-5-6-8-3-2-4-9(12(13)14)10(8)11-7;1-4-2-3;1-2-3;1-2;1-3-2;;/h1-7H;2-7H,1H3;2-5H,11H2,1H3;2-5H,11-12H2,1H3;2-6H,1H3;2H,1H3;3H,2H2,1H3;1-2H;;1H2;1H. The number of hydrogen-bond donors (Lipinski definition) is 6. The van der Waals surface area contributed by atoms with Crippen LogP contribution in [0.5, 0.6) is 0 Å². The van der Waals surface area contributed by atoms with E-state index in [1.807, 2.05) is 99.6 Å². The molecule has 0 aliphatic heterocycles. The largest absolute Gasteiger partial charge is 0 e. The third kappa shape index (κ3) is 18.9. The van der Waals surface area contributed by atoms with E-state index in [-0.39, 0.29) is 30.6 Å². The van der Waals surface area contributed by atoms with E-state index in [1.165, 1.54) is 19.2 Å². The predicted molar refractivity (Wildman–Crippen MR) is 330 cm³/mol. The van der Waals surface area contributed by atoms with Crippen molar-refractivity contribution in [2.24, 2.45) is 0 Å². The monoisotopic (exact) mass is 1240 g/mol. The summed E-state index contributed by atoms with van der Waals surface area (Å²) in [6.07, 6.45) is 7.39. The Balaban J connectivity index is 0.000000353. The van der Waals surface area contributed by atoms with Crippen molar-refractivity contribution in [3.8, 4) is 0 Å². The number of aliphatic hydroxyl groups is 1. The molecule has 27 nitrogen and oxygen atoms in total. The number of carbonyl (C=O) groups excluding carboxylic acids is 2. The molecule has 28 heteroatoms. The van der Waals surface area contributed by atoms with Gasteiger partial charge < -0.3 is 32.5 Å². The van der Waals surface area contributed by atoms with E-state index in [9.17, 15) is 25.0 Å². The van der Waals surface area contributed by atoms with Crippen LogP contribution in [0, 0.1) is 59.0 Å². The SMILES string of the molecule is CCO.COC=O.Cc1ccc2ccc(N)c(N)c2n1.Cc1ccc2ccc(N)c([N+](=O)[O-])c2n1.Cc1ccc2ccc3nccnc3c2n1.Cc1ccc2cccc([N+](=O)[O-])c2n1.N=N.O.O=Cc1ccc2ccc3nccnc3c2n1.O=[Se]=O.[HH]. The molecular formula is C58H60N16O11Se. The van der Waals surface area contributed by atoms with Crippen LogP contribution in [0.2, 0.25) is 0 Å². The number of non-ortho nitro benzene ring substituents is 1. The number of nitrogens with one attached hydrogen (secondary N) is 2. The van der Waals surface area contributed by atoms with Gasteiger partial charge in [-0.3, -0.25) is 59.7 Å². The zero-order valence-corrected chi connectivity index (χ0v) is 48.7. The number of nitro groups is 2. The number of methoxy groups -OCH3 is 1. The summed E-state index contributed by atoms with van der Waals surface area (Å²) in [5, 5.41) is 33.7. The van der Waals surface area contributed by atoms with Crippen LogP contribution in [-0.2, 0) is 17.2 Å². The van der Waals surface area contributed by atoms with E-state index in [0.717, 1.165) is 94.6 Å². The first-order valence-corrected chi connectivity index (χ1v) is 26.2. The summed E-state index contributed by atoms with van der Waals surface area (Å²) >= 11 is -1.62. The number of benzene rings is 5. The van der Waals surface area contributed by atoms with Crippen molar-refractivity contribution in [3.05, 3.63) is 201 Å². The van der Waals surface area contributed by atoms with Crippen molar-refractivity contribution in [1.82, 2.24) is 44.9 Å². The topological polar surface area (TPSA) is 457 Å². The summed E-state index contributed by atoms with van der Waals surface area (Å²) in [6.45, 7) is 9.82. The number of aryl methyl sites for hydroxylation is 4. The van der Waals surface area contributed by atoms with Gasteiger partial charge in [-0.15, -0.1) is 0 Å². The number of carbonyl (C=O) groups is 2. The Morgan fingerprint density at radius 2 is 0.895 bits per heavy atom. The number of fused-ring (bicyclic) bond motifs is 9. The van der Waals surface area contributed by atoms with E-state index in [1.54, 1.807) is 69.0 Å². The van der Waals surface area contributed by atoms with E-state index in [4.69, 9.17) is 45.8 Å². The molecule has 0 bridgehead atoms. The van der Waals surface area contributed by atoms with E-state index >= 15 is 0 Å². The number of aldehydes is 1. The van der Waals surface area contributed by atoms with Crippen LogP contribution < -0.4 is 17.2 Å². The Hall–Kier alpha value is -11.2. The summed E-state index contributed by atoms with van der Waals surface area (Å²) in [6, 6.07) is 38.6. The van der Waals surface area contributed by atoms with E-state index < -0.39 is 24.7 Å². The van der Waals surface area contributed by atoms with E-state index in [0.29, 0.717) is 34.6 Å². The fourth-order valence-corrected chi connectivity index (χ4v) is 7.59. The van der Waals surface area contributed by atoms with Gasteiger partial charge in [-0.25, -0.2) is 26.0 Å². The maximum Gasteiger partial charge on any atom is 0 e. The smallest absolute Gasteiger partial charge is 0 e. The van der Waals surface area contributed by atoms with Gasteiger partial charge in [-0.1, -0.05) is 66.7 Å². The second-order valence-corrected chi connectivity index (χ2v) is 17.4. The number of nitrogens with two attached hydrogens (primary N) is 3. The molecule has 0 amide bonds. The number of nitrogens with zero attached hydrogens (tertiary/aromatic N) is 11. The summed E-state index contributed by atoms with van der Waals surface area (Å²) in [7, 11) is 1.31. The van der Waals surface area contributed by atoms with Crippen molar-refractivity contribution in [2.45, 2.75) is 34.6 Å². The fourth-order valence-electron chi connectivity index (χ4n) is 7.59. The number of anilines is 3. The van der Waals surface area contributed by atoms with Crippen LogP contribution in [0.15, 0.2) is 152 Å². The van der Waals surface area contributed by atoms with Crippen molar-refractivity contribution in [2.75, 3.05) is 30.9 Å². The van der Waals surface area contributed by atoms with E-state index in [2.05, 4.69) is 55.7 Å². The molecule has 12 aromatic rings. The van der Waals surface area contributed by atoms with Crippen molar-refractivity contribution < 1.29 is 43.9 Å². The van der Waals surface area contributed by atoms with Gasteiger partial charge in [-0.05, 0) is 89.2 Å². The Bertz CT molecular complexity index is 4330. The number of aromatic nitrogens is 9. The summed E-state index contributed by atoms with van der Waals surface area (Å²) in [5.41, 5.74) is 38.7. The maximum absolute atomic E-state index is 10.8. The molecule has 7 heterocycles. The van der Waals surface area contributed by atoms with Gasteiger partial charge in [0.25, 0.3) is 12.2 Å². The second kappa shape index (κ2) is 34.9. The third-order valence-corrected chi connectivity index (χ3v) is 11.3. The molecule has 0 atom stereocenters. The molecular weight excluding hydrogens is 1180 g/mol. The number of pyridine rings is 5. The number of rotatable bonds is 4. The number of ether oxygens (including phenoxy) is 1. The molecule has 0 spiro atoms.